The van der Waals surface area contributed by atoms with Crippen LogP contribution in [-0.4, -0.2) is 31.6 Å². The molecule has 0 aromatic carbocycles. The average Bonchev–Trinajstić information content (AvgIpc) is 2.95. The van der Waals surface area contributed by atoms with Gasteiger partial charge < -0.3 is 9.64 Å². The second-order valence-electron chi connectivity index (χ2n) is 4.65. The molecule has 0 radical (unpaired) electrons. The smallest absolute Gasteiger partial charge is 0.313 e. The molecule has 0 unspecified atom stereocenters. The van der Waals surface area contributed by atoms with Crippen LogP contribution >= 0.6 is 27.3 Å². The van der Waals surface area contributed by atoms with Crippen molar-refractivity contribution in [1.82, 2.24) is 4.90 Å². The summed E-state index contributed by atoms with van der Waals surface area (Å²) in [5, 5.41) is 0. The molecule has 1 aliphatic rings. The first kappa shape index (κ1) is 13.1. The van der Waals surface area contributed by atoms with E-state index >= 15 is 0 Å². The van der Waals surface area contributed by atoms with Crippen LogP contribution in [0.2, 0.25) is 0 Å². The lowest BCUT2D eigenvalue weighted by molar-refractivity contribution is -0.147. The zero-order chi connectivity index (χ0) is 12.5. The Morgan fingerprint density at radius 1 is 1.59 bits per heavy atom. The Morgan fingerprint density at radius 3 is 2.76 bits per heavy atom. The van der Waals surface area contributed by atoms with Gasteiger partial charge in [0.05, 0.1) is 16.3 Å². The number of methoxy groups -OCH3 is 1. The van der Waals surface area contributed by atoms with Crippen molar-refractivity contribution in [2.75, 3.05) is 20.7 Å². The highest BCUT2D eigenvalue weighted by atomic mass is 79.9. The third-order valence-corrected chi connectivity index (χ3v) is 4.71. The molecule has 1 fully saturated rings. The zero-order valence-corrected chi connectivity index (χ0v) is 12.4. The van der Waals surface area contributed by atoms with E-state index in [0.29, 0.717) is 0 Å². The summed E-state index contributed by atoms with van der Waals surface area (Å²) in [4.78, 5) is 15.1. The van der Waals surface area contributed by atoms with Crippen molar-refractivity contribution in [2.24, 2.45) is 5.41 Å². The Morgan fingerprint density at radius 2 is 2.29 bits per heavy atom. The fourth-order valence-electron chi connectivity index (χ4n) is 2.07. The lowest BCUT2D eigenvalue weighted by Crippen LogP contribution is -2.32. The van der Waals surface area contributed by atoms with Gasteiger partial charge in [0, 0.05) is 18.0 Å². The monoisotopic (exact) mass is 317 g/mol. The molecule has 17 heavy (non-hydrogen) atoms. The second-order valence-corrected chi connectivity index (χ2v) is 7.20. The molecule has 0 spiro atoms. The third kappa shape index (κ3) is 3.09. The molecule has 1 aromatic rings. The van der Waals surface area contributed by atoms with Crippen LogP contribution < -0.4 is 0 Å². The summed E-state index contributed by atoms with van der Waals surface area (Å²) in [7, 11) is 3.52. The van der Waals surface area contributed by atoms with Gasteiger partial charge in [-0.05, 0) is 48.0 Å². The van der Waals surface area contributed by atoms with E-state index in [4.69, 9.17) is 4.74 Å². The van der Waals surface area contributed by atoms with E-state index < -0.39 is 0 Å². The highest BCUT2D eigenvalue weighted by Crippen LogP contribution is 2.47. The van der Waals surface area contributed by atoms with Crippen LogP contribution in [0.1, 0.15) is 17.7 Å². The highest BCUT2D eigenvalue weighted by molar-refractivity contribution is 9.11. The van der Waals surface area contributed by atoms with Crippen LogP contribution in [0.3, 0.4) is 0 Å². The minimum atomic E-state index is -0.224. The lowest BCUT2D eigenvalue weighted by atomic mass is 10.1. The number of thiophene rings is 1. The van der Waals surface area contributed by atoms with E-state index in [1.165, 1.54) is 12.0 Å². The number of hydrogen-bond acceptors (Lipinski definition) is 4. The first-order chi connectivity index (χ1) is 8.05. The van der Waals surface area contributed by atoms with Gasteiger partial charge in [-0.25, -0.2) is 0 Å². The van der Waals surface area contributed by atoms with E-state index in [1.807, 2.05) is 0 Å². The van der Waals surface area contributed by atoms with E-state index in [2.05, 4.69) is 40.0 Å². The fourth-order valence-corrected chi connectivity index (χ4v) is 3.63. The van der Waals surface area contributed by atoms with Crippen LogP contribution in [0.5, 0.6) is 0 Å². The predicted molar refractivity (Wildman–Crippen MR) is 72.0 cm³/mol. The summed E-state index contributed by atoms with van der Waals surface area (Å²) in [6.45, 7) is 1.67. The average molecular weight is 318 g/mol. The van der Waals surface area contributed by atoms with Crippen LogP contribution in [0.15, 0.2) is 15.9 Å². The quantitative estimate of drug-likeness (QED) is 0.782. The molecule has 1 aliphatic carbocycles. The SMILES string of the molecule is COC(=O)C1(CN(C)Cc2ccc(Br)s2)CC1. The number of halogens is 1. The number of rotatable bonds is 5. The maximum atomic E-state index is 11.6. The number of esters is 1. The van der Waals surface area contributed by atoms with Crippen LogP contribution in [0.4, 0.5) is 0 Å². The molecular formula is C12H16BrNO2S. The van der Waals surface area contributed by atoms with Gasteiger partial charge in [0.1, 0.15) is 0 Å². The van der Waals surface area contributed by atoms with Gasteiger partial charge in [-0.15, -0.1) is 11.3 Å². The molecule has 0 aliphatic heterocycles. The zero-order valence-electron chi connectivity index (χ0n) is 10.0. The number of carbonyl (C=O) groups is 1. The van der Waals surface area contributed by atoms with Crippen molar-refractivity contribution in [3.05, 3.63) is 20.8 Å². The van der Waals surface area contributed by atoms with Gasteiger partial charge in [0.25, 0.3) is 0 Å². The van der Waals surface area contributed by atoms with Gasteiger partial charge in [0.2, 0.25) is 0 Å². The molecule has 0 amide bonds. The van der Waals surface area contributed by atoms with Crippen molar-refractivity contribution >= 4 is 33.2 Å². The summed E-state index contributed by atoms with van der Waals surface area (Å²) in [5.41, 5.74) is -0.224. The fraction of sp³-hybridized carbons (Fsp3) is 0.583. The number of ether oxygens (including phenoxy) is 1. The number of hydrogen-bond donors (Lipinski definition) is 0. The Labute approximate surface area is 114 Å². The molecule has 1 aromatic heterocycles. The van der Waals surface area contributed by atoms with Crippen LogP contribution in [-0.2, 0) is 16.1 Å². The molecular weight excluding hydrogens is 302 g/mol. The Hall–Kier alpha value is -0.390. The third-order valence-electron chi connectivity index (χ3n) is 3.10. The topological polar surface area (TPSA) is 29.5 Å². The summed E-state index contributed by atoms with van der Waals surface area (Å²) in [5.74, 6) is -0.0586. The molecule has 5 heteroatoms. The van der Waals surface area contributed by atoms with Crippen molar-refractivity contribution in [2.45, 2.75) is 19.4 Å². The lowest BCUT2D eigenvalue weighted by Gasteiger charge is -2.21. The molecule has 0 N–H and O–H groups in total. The first-order valence-electron chi connectivity index (χ1n) is 5.57. The highest BCUT2D eigenvalue weighted by Gasteiger charge is 2.51. The van der Waals surface area contributed by atoms with Crippen molar-refractivity contribution in [3.63, 3.8) is 0 Å². The van der Waals surface area contributed by atoms with Gasteiger partial charge in [-0.1, -0.05) is 0 Å². The van der Waals surface area contributed by atoms with Crippen molar-refractivity contribution < 1.29 is 9.53 Å². The van der Waals surface area contributed by atoms with Crippen molar-refractivity contribution in [1.29, 1.82) is 0 Å². The Balaban J connectivity index is 1.89. The van der Waals surface area contributed by atoms with Crippen LogP contribution in [0.25, 0.3) is 0 Å². The summed E-state index contributed by atoms with van der Waals surface area (Å²) >= 11 is 5.19. The normalized spacial score (nSPS) is 17.2. The predicted octanol–water partition coefficient (Wildman–Crippen LogP) is 2.90. The Bertz CT molecular complexity index is 414. The van der Waals surface area contributed by atoms with Gasteiger partial charge >= 0.3 is 5.97 Å². The van der Waals surface area contributed by atoms with E-state index in [9.17, 15) is 4.79 Å². The van der Waals surface area contributed by atoms with Gasteiger partial charge in [-0.3, -0.25) is 4.79 Å². The minimum Gasteiger partial charge on any atom is -0.469 e. The van der Waals surface area contributed by atoms with E-state index in [1.54, 1.807) is 11.3 Å². The second kappa shape index (κ2) is 5.08. The summed E-state index contributed by atoms with van der Waals surface area (Å²) < 4.78 is 6.01. The Kier molecular flexibility index (Phi) is 3.90. The maximum absolute atomic E-state index is 11.6. The minimum absolute atomic E-state index is 0.0586. The molecule has 94 valence electrons. The van der Waals surface area contributed by atoms with E-state index in [0.717, 1.165) is 29.7 Å². The molecule has 3 nitrogen and oxygen atoms in total. The molecule has 1 heterocycles. The van der Waals surface area contributed by atoms with E-state index in [-0.39, 0.29) is 11.4 Å². The largest absolute Gasteiger partial charge is 0.469 e. The molecule has 2 rings (SSSR count). The number of nitrogens with zero attached hydrogens (tertiary/aromatic N) is 1. The number of carbonyl (C=O) groups excluding carboxylic acids is 1. The molecule has 0 atom stereocenters. The van der Waals surface area contributed by atoms with Crippen LogP contribution in [0, 0.1) is 5.41 Å². The standard InChI is InChI=1S/C12H16BrNO2S/c1-14(7-9-3-4-10(13)17-9)8-12(5-6-12)11(15)16-2/h3-4H,5-8H2,1-2H3. The first-order valence-corrected chi connectivity index (χ1v) is 7.18. The van der Waals surface area contributed by atoms with Crippen molar-refractivity contribution in [3.8, 4) is 0 Å². The molecule has 1 saturated carbocycles. The van der Waals surface area contributed by atoms with Gasteiger partial charge in [-0.2, -0.15) is 0 Å². The summed E-state index contributed by atoms with van der Waals surface area (Å²) in [6.07, 6.45) is 1.91. The summed E-state index contributed by atoms with van der Waals surface area (Å²) in [6, 6.07) is 4.17. The maximum Gasteiger partial charge on any atom is 0.313 e. The van der Waals surface area contributed by atoms with Gasteiger partial charge in [0.15, 0.2) is 0 Å². The molecule has 0 bridgehead atoms. The molecule has 0 saturated heterocycles.